The number of aromatic nitrogens is 2. The van der Waals surface area contributed by atoms with Crippen LogP contribution in [-0.4, -0.2) is 21.9 Å². The number of carbonyl (C=O) groups excluding carboxylic acids is 1. The number of benzene rings is 2. The minimum Gasteiger partial charge on any atom is -0.267 e. The minimum absolute atomic E-state index is 0.336. The highest BCUT2D eigenvalue weighted by molar-refractivity contribution is 6.32. The number of hydrazone groups is 1. The Morgan fingerprint density at radius 2 is 1.80 bits per heavy atom. The highest BCUT2D eigenvalue weighted by atomic mass is 35.5. The van der Waals surface area contributed by atoms with Gasteiger partial charge in [0.25, 0.3) is 5.91 Å². The highest BCUT2D eigenvalue weighted by Gasteiger charge is 2.13. The van der Waals surface area contributed by atoms with Crippen LogP contribution in [0.25, 0.3) is 5.69 Å². The molecule has 7 heteroatoms. The molecule has 0 unspecified atom stereocenters. The molecular formula is C18H14Cl2N4O. The van der Waals surface area contributed by atoms with Crippen LogP contribution in [0.4, 0.5) is 0 Å². The number of carbonyl (C=O) groups is 1. The lowest BCUT2D eigenvalue weighted by Crippen LogP contribution is -2.17. The average molecular weight is 373 g/mol. The molecule has 1 N–H and O–H groups in total. The maximum absolute atomic E-state index is 12.0. The van der Waals surface area contributed by atoms with Crippen molar-refractivity contribution in [2.45, 2.75) is 6.92 Å². The molecule has 0 fully saturated rings. The summed E-state index contributed by atoms with van der Waals surface area (Å²) < 4.78 is 1.62. The largest absolute Gasteiger partial charge is 0.271 e. The summed E-state index contributed by atoms with van der Waals surface area (Å²) in [4.78, 5) is 12.0. The smallest absolute Gasteiger partial charge is 0.267 e. The molecule has 5 nitrogen and oxygen atoms in total. The summed E-state index contributed by atoms with van der Waals surface area (Å²) in [7, 11) is 0. The Morgan fingerprint density at radius 1 is 1.12 bits per heavy atom. The number of hydrogen-bond donors (Lipinski definition) is 1. The van der Waals surface area contributed by atoms with E-state index in [9.17, 15) is 4.79 Å². The van der Waals surface area contributed by atoms with Crippen LogP contribution >= 0.6 is 23.2 Å². The molecule has 0 aliphatic rings. The summed E-state index contributed by atoms with van der Waals surface area (Å²) in [6.07, 6.45) is 1.48. The van der Waals surface area contributed by atoms with E-state index in [0.29, 0.717) is 27.0 Å². The molecule has 1 amide bonds. The first-order valence-corrected chi connectivity index (χ1v) is 8.21. The van der Waals surface area contributed by atoms with Crippen molar-refractivity contribution in [2.24, 2.45) is 5.10 Å². The summed E-state index contributed by atoms with van der Waals surface area (Å²) in [5, 5.41) is 9.38. The number of amides is 1. The van der Waals surface area contributed by atoms with E-state index in [1.165, 1.54) is 6.21 Å². The Bertz CT molecular complexity index is 918. The third-order valence-corrected chi connectivity index (χ3v) is 4.13. The molecule has 0 radical (unpaired) electrons. The molecule has 0 saturated heterocycles. The first kappa shape index (κ1) is 17.2. The topological polar surface area (TPSA) is 59.3 Å². The lowest BCUT2D eigenvalue weighted by Gasteiger charge is -2.02. The van der Waals surface area contributed by atoms with E-state index in [0.717, 1.165) is 5.69 Å². The Kier molecular flexibility index (Phi) is 5.16. The van der Waals surface area contributed by atoms with Crippen LogP contribution in [0.1, 0.15) is 21.6 Å². The van der Waals surface area contributed by atoms with Crippen molar-refractivity contribution in [1.29, 1.82) is 0 Å². The van der Waals surface area contributed by atoms with Crippen molar-refractivity contribution in [2.75, 3.05) is 0 Å². The second-order valence-electron chi connectivity index (χ2n) is 5.24. The molecule has 3 rings (SSSR count). The van der Waals surface area contributed by atoms with Gasteiger partial charge in [-0.2, -0.15) is 10.2 Å². The minimum atomic E-state index is -0.336. The van der Waals surface area contributed by atoms with Gasteiger partial charge in [0.2, 0.25) is 0 Å². The molecule has 0 bridgehead atoms. The van der Waals surface area contributed by atoms with Gasteiger partial charge in [-0.3, -0.25) is 4.79 Å². The number of aryl methyl sites for hydroxylation is 1. The van der Waals surface area contributed by atoms with Gasteiger partial charge in [0, 0.05) is 10.6 Å². The molecule has 25 heavy (non-hydrogen) atoms. The molecule has 0 aliphatic carbocycles. The molecule has 0 saturated carbocycles. The molecule has 1 heterocycles. The summed E-state index contributed by atoms with van der Waals surface area (Å²) in [5.74, 6) is -0.336. The van der Waals surface area contributed by atoms with Crippen LogP contribution in [0.2, 0.25) is 10.2 Å². The Morgan fingerprint density at radius 3 is 2.48 bits per heavy atom. The van der Waals surface area contributed by atoms with Crippen molar-refractivity contribution < 1.29 is 4.79 Å². The predicted octanol–water partition coefficient (Wildman–Crippen LogP) is 4.25. The number of rotatable bonds is 4. The Balaban J connectivity index is 1.77. The fourth-order valence-corrected chi connectivity index (χ4v) is 2.67. The molecule has 3 aromatic rings. The molecule has 126 valence electrons. The van der Waals surface area contributed by atoms with E-state index < -0.39 is 0 Å². The van der Waals surface area contributed by atoms with Crippen LogP contribution in [-0.2, 0) is 0 Å². The van der Waals surface area contributed by atoms with Gasteiger partial charge in [-0.25, -0.2) is 10.1 Å². The van der Waals surface area contributed by atoms with E-state index in [4.69, 9.17) is 23.2 Å². The molecule has 0 aliphatic heterocycles. The third kappa shape index (κ3) is 3.90. The number of nitrogens with zero attached hydrogens (tertiary/aromatic N) is 3. The van der Waals surface area contributed by atoms with Gasteiger partial charge in [0.1, 0.15) is 5.15 Å². The quantitative estimate of drug-likeness (QED) is 0.549. The van der Waals surface area contributed by atoms with Gasteiger partial charge >= 0.3 is 0 Å². The normalized spacial score (nSPS) is 11.0. The SMILES string of the molecule is Cc1nn(-c2ccccc2)c(Cl)c1C=NNC(=O)c1ccc(Cl)cc1. The number of nitrogens with one attached hydrogen (secondary N) is 1. The third-order valence-electron chi connectivity index (χ3n) is 3.51. The zero-order chi connectivity index (χ0) is 17.8. The molecular weight excluding hydrogens is 359 g/mol. The molecule has 0 atom stereocenters. The molecule has 2 aromatic carbocycles. The zero-order valence-corrected chi connectivity index (χ0v) is 14.8. The van der Waals surface area contributed by atoms with E-state index >= 15 is 0 Å². The monoisotopic (exact) mass is 372 g/mol. The fraction of sp³-hybridized carbons (Fsp3) is 0.0556. The lowest BCUT2D eigenvalue weighted by atomic mass is 10.2. The van der Waals surface area contributed by atoms with Gasteiger partial charge < -0.3 is 0 Å². The van der Waals surface area contributed by atoms with Crippen LogP contribution in [0.15, 0.2) is 59.7 Å². The zero-order valence-electron chi connectivity index (χ0n) is 13.3. The van der Waals surface area contributed by atoms with Gasteiger partial charge in [-0.1, -0.05) is 41.4 Å². The van der Waals surface area contributed by atoms with Gasteiger partial charge in [0.15, 0.2) is 0 Å². The van der Waals surface area contributed by atoms with E-state index in [1.54, 1.807) is 28.9 Å². The van der Waals surface area contributed by atoms with Crippen molar-refractivity contribution in [3.05, 3.63) is 81.6 Å². The summed E-state index contributed by atoms with van der Waals surface area (Å²) in [5.41, 5.74) is 5.12. The lowest BCUT2D eigenvalue weighted by molar-refractivity contribution is 0.0955. The van der Waals surface area contributed by atoms with E-state index in [-0.39, 0.29) is 5.91 Å². The number of para-hydroxylation sites is 1. The van der Waals surface area contributed by atoms with Crippen LogP contribution in [0.5, 0.6) is 0 Å². The molecule has 1 aromatic heterocycles. The summed E-state index contributed by atoms with van der Waals surface area (Å²) in [6.45, 7) is 1.83. The van der Waals surface area contributed by atoms with Crippen LogP contribution in [0, 0.1) is 6.92 Å². The molecule has 0 spiro atoms. The predicted molar refractivity (Wildman–Crippen MR) is 99.8 cm³/mol. The first-order chi connectivity index (χ1) is 12.1. The fourth-order valence-electron chi connectivity index (χ4n) is 2.22. The summed E-state index contributed by atoms with van der Waals surface area (Å²) >= 11 is 12.2. The Labute approximate surface area is 154 Å². The maximum atomic E-state index is 12.0. The van der Waals surface area contributed by atoms with Crippen molar-refractivity contribution in [3.8, 4) is 5.69 Å². The second-order valence-corrected chi connectivity index (χ2v) is 6.04. The van der Waals surface area contributed by atoms with Crippen molar-refractivity contribution in [3.63, 3.8) is 0 Å². The van der Waals surface area contributed by atoms with Gasteiger partial charge in [-0.05, 0) is 43.3 Å². The maximum Gasteiger partial charge on any atom is 0.271 e. The highest BCUT2D eigenvalue weighted by Crippen LogP contribution is 2.21. The number of halogens is 2. The first-order valence-electron chi connectivity index (χ1n) is 7.46. The standard InChI is InChI=1S/C18H14Cl2N4O/c1-12-16(17(20)24(23-12)15-5-3-2-4-6-15)11-21-22-18(25)13-7-9-14(19)10-8-13/h2-11H,1H3,(H,22,25). The Hall–Kier alpha value is -2.63. The second kappa shape index (κ2) is 7.51. The van der Waals surface area contributed by atoms with Gasteiger partial charge in [0.05, 0.1) is 23.2 Å². The van der Waals surface area contributed by atoms with E-state index in [1.807, 2.05) is 37.3 Å². The van der Waals surface area contributed by atoms with E-state index in [2.05, 4.69) is 15.6 Å². The van der Waals surface area contributed by atoms with Crippen molar-refractivity contribution in [1.82, 2.24) is 15.2 Å². The van der Waals surface area contributed by atoms with Crippen molar-refractivity contribution >= 4 is 35.3 Å². The van der Waals surface area contributed by atoms with Crippen LogP contribution < -0.4 is 5.43 Å². The van der Waals surface area contributed by atoms with Crippen LogP contribution in [0.3, 0.4) is 0 Å². The van der Waals surface area contributed by atoms with Gasteiger partial charge in [-0.15, -0.1) is 0 Å². The summed E-state index contributed by atoms with van der Waals surface area (Å²) in [6, 6.07) is 16.1. The number of hydrogen-bond acceptors (Lipinski definition) is 3. The average Bonchev–Trinajstić information content (AvgIpc) is 2.91.